The monoisotopic (exact) mass is 267 g/mol. The summed E-state index contributed by atoms with van der Waals surface area (Å²) in [6.45, 7) is 0.158. The van der Waals surface area contributed by atoms with Crippen molar-refractivity contribution < 1.29 is 5.11 Å². The number of nitrogens with one attached hydrogen (secondary N) is 1. The molecule has 0 radical (unpaired) electrons. The molecule has 1 unspecified atom stereocenters. The van der Waals surface area contributed by atoms with Crippen molar-refractivity contribution in [2.75, 3.05) is 6.61 Å². The van der Waals surface area contributed by atoms with Crippen LogP contribution >= 0.6 is 0 Å². The summed E-state index contributed by atoms with van der Waals surface area (Å²) in [5.74, 6) is 0.197. The van der Waals surface area contributed by atoms with Gasteiger partial charge >= 0.3 is 0 Å². The Morgan fingerprint density at radius 2 is 1.40 bits per heavy atom. The molecule has 0 aromatic heterocycles. The average molecular weight is 267 g/mol. The Morgan fingerprint density at radius 1 is 0.900 bits per heavy atom. The molecule has 2 N–H and O–H groups in total. The molecule has 0 spiro atoms. The molecule has 1 fully saturated rings. The minimum Gasteiger partial charge on any atom is -0.395 e. The van der Waals surface area contributed by atoms with Gasteiger partial charge in [-0.1, -0.05) is 60.7 Å². The van der Waals surface area contributed by atoms with Crippen LogP contribution in [0.5, 0.6) is 0 Å². The van der Waals surface area contributed by atoms with Crippen molar-refractivity contribution in [2.24, 2.45) is 0 Å². The van der Waals surface area contributed by atoms with E-state index in [4.69, 9.17) is 0 Å². The van der Waals surface area contributed by atoms with Crippen LogP contribution in [-0.2, 0) is 0 Å². The lowest BCUT2D eigenvalue weighted by Gasteiger charge is -2.28. The summed E-state index contributed by atoms with van der Waals surface area (Å²) in [6, 6.07) is 21.6. The van der Waals surface area contributed by atoms with Gasteiger partial charge in [-0.15, -0.1) is 0 Å². The molecule has 1 saturated carbocycles. The molecule has 3 rings (SSSR count). The first-order chi connectivity index (χ1) is 9.88. The topological polar surface area (TPSA) is 32.3 Å². The van der Waals surface area contributed by atoms with Gasteiger partial charge in [0.1, 0.15) is 0 Å². The molecule has 1 aliphatic rings. The summed E-state index contributed by atoms with van der Waals surface area (Å²) in [5.41, 5.74) is 2.51. The molecule has 2 aromatic carbocycles. The van der Waals surface area contributed by atoms with Gasteiger partial charge in [0.2, 0.25) is 0 Å². The molecule has 0 saturated heterocycles. The second kappa shape index (κ2) is 6.21. The zero-order valence-corrected chi connectivity index (χ0v) is 11.6. The highest BCUT2D eigenvalue weighted by Gasteiger charge is 2.30. The molecule has 0 heterocycles. The highest BCUT2D eigenvalue weighted by Crippen LogP contribution is 2.30. The Bertz CT molecular complexity index is 482. The molecule has 2 aromatic rings. The number of hydrogen-bond acceptors (Lipinski definition) is 2. The Labute approximate surface area is 120 Å². The second-order valence-corrected chi connectivity index (χ2v) is 5.53. The third kappa shape index (κ3) is 3.09. The molecule has 0 aliphatic heterocycles. The number of rotatable bonds is 6. The van der Waals surface area contributed by atoms with Crippen molar-refractivity contribution in [3.8, 4) is 0 Å². The first kappa shape index (κ1) is 13.3. The van der Waals surface area contributed by atoms with Crippen molar-refractivity contribution in [3.05, 3.63) is 71.8 Å². The van der Waals surface area contributed by atoms with Crippen LogP contribution in [0.15, 0.2) is 60.7 Å². The first-order valence-electron chi connectivity index (χ1n) is 7.35. The predicted molar refractivity (Wildman–Crippen MR) is 81.8 cm³/mol. The lowest BCUT2D eigenvalue weighted by molar-refractivity contribution is 0.230. The molecule has 104 valence electrons. The zero-order chi connectivity index (χ0) is 13.8. The maximum Gasteiger partial charge on any atom is 0.0594 e. The van der Waals surface area contributed by atoms with Gasteiger partial charge in [-0.05, 0) is 24.0 Å². The SMILES string of the molecule is OCC(NC1CC1)C(c1ccccc1)c1ccccc1. The molecule has 2 heteroatoms. The van der Waals surface area contributed by atoms with E-state index in [1.54, 1.807) is 0 Å². The maximum absolute atomic E-state index is 9.83. The van der Waals surface area contributed by atoms with Crippen LogP contribution in [0.2, 0.25) is 0 Å². The molecule has 0 bridgehead atoms. The molecular weight excluding hydrogens is 246 g/mol. The first-order valence-corrected chi connectivity index (χ1v) is 7.35. The van der Waals surface area contributed by atoms with Gasteiger partial charge in [0, 0.05) is 18.0 Å². The van der Waals surface area contributed by atoms with Crippen LogP contribution in [0.3, 0.4) is 0 Å². The van der Waals surface area contributed by atoms with Gasteiger partial charge in [0.15, 0.2) is 0 Å². The van der Waals surface area contributed by atoms with Gasteiger partial charge in [0.25, 0.3) is 0 Å². The fourth-order valence-electron chi connectivity index (χ4n) is 2.78. The summed E-state index contributed by atoms with van der Waals surface area (Å²) >= 11 is 0. The normalized spacial score (nSPS) is 16.3. The highest BCUT2D eigenvalue weighted by atomic mass is 16.3. The highest BCUT2D eigenvalue weighted by molar-refractivity contribution is 5.34. The number of hydrogen-bond donors (Lipinski definition) is 2. The van der Waals surface area contributed by atoms with Crippen LogP contribution in [0.25, 0.3) is 0 Å². The number of aliphatic hydroxyl groups is 1. The largest absolute Gasteiger partial charge is 0.395 e. The van der Waals surface area contributed by atoms with Crippen LogP contribution < -0.4 is 5.32 Å². The van der Waals surface area contributed by atoms with Crippen LogP contribution in [0.1, 0.15) is 29.9 Å². The number of benzene rings is 2. The fraction of sp³-hybridized carbons (Fsp3) is 0.333. The third-order valence-electron chi connectivity index (χ3n) is 3.94. The minimum absolute atomic E-state index is 0.0762. The molecule has 2 nitrogen and oxygen atoms in total. The van der Waals surface area contributed by atoms with Gasteiger partial charge < -0.3 is 10.4 Å². The predicted octanol–water partition coefficient (Wildman–Crippen LogP) is 2.93. The van der Waals surface area contributed by atoms with E-state index in [9.17, 15) is 5.11 Å². The van der Waals surface area contributed by atoms with E-state index in [0.717, 1.165) is 0 Å². The van der Waals surface area contributed by atoms with E-state index in [0.29, 0.717) is 6.04 Å². The van der Waals surface area contributed by atoms with Crippen LogP contribution in [-0.4, -0.2) is 23.8 Å². The van der Waals surface area contributed by atoms with Crippen molar-refractivity contribution in [3.63, 3.8) is 0 Å². The van der Waals surface area contributed by atoms with Gasteiger partial charge in [-0.2, -0.15) is 0 Å². The Kier molecular flexibility index (Phi) is 4.14. The van der Waals surface area contributed by atoms with E-state index in [-0.39, 0.29) is 18.6 Å². The van der Waals surface area contributed by atoms with E-state index in [2.05, 4.69) is 53.8 Å². The molecule has 1 aliphatic carbocycles. The fourth-order valence-corrected chi connectivity index (χ4v) is 2.78. The second-order valence-electron chi connectivity index (χ2n) is 5.53. The molecular formula is C18H21NO. The Balaban J connectivity index is 1.93. The lowest BCUT2D eigenvalue weighted by Crippen LogP contribution is -2.39. The van der Waals surface area contributed by atoms with Crippen molar-refractivity contribution in [2.45, 2.75) is 30.8 Å². The third-order valence-corrected chi connectivity index (χ3v) is 3.94. The molecule has 1 atom stereocenters. The van der Waals surface area contributed by atoms with Crippen molar-refractivity contribution in [1.29, 1.82) is 0 Å². The van der Waals surface area contributed by atoms with Gasteiger partial charge in [-0.3, -0.25) is 0 Å². The van der Waals surface area contributed by atoms with Crippen molar-refractivity contribution in [1.82, 2.24) is 5.32 Å². The smallest absolute Gasteiger partial charge is 0.0594 e. The van der Waals surface area contributed by atoms with E-state index in [1.807, 2.05) is 12.1 Å². The molecule has 0 amide bonds. The summed E-state index contributed by atoms with van der Waals surface area (Å²) in [7, 11) is 0. The zero-order valence-electron chi connectivity index (χ0n) is 11.6. The average Bonchev–Trinajstić information content (AvgIpc) is 3.33. The summed E-state index contributed by atoms with van der Waals surface area (Å²) < 4.78 is 0. The Hall–Kier alpha value is -1.64. The minimum atomic E-state index is 0.0762. The standard InChI is InChI=1S/C18H21NO/c20-13-17(19-16-11-12-16)18(14-7-3-1-4-8-14)15-9-5-2-6-10-15/h1-10,16-20H,11-13H2. The number of aliphatic hydroxyl groups excluding tert-OH is 1. The van der Waals surface area contributed by atoms with E-state index < -0.39 is 0 Å². The summed E-state index contributed by atoms with van der Waals surface area (Å²) in [4.78, 5) is 0. The van der Waals surface area contributed by atoms with Crippen LogP contribution in [0.4, 0.5) is 0 Å². The van der Waals surface area contributed by atoms with E-state index in [1.165, 1.54) is 24.0 Å². The van der Waals surface area contributed by atoms with Gasteiger partial charge in [0.05, 0.1) is 6.61 Å². The van der Waals surface area contributed by atoms with Crippen molar-refractivity contribution >= 4 is 0 Å². The van der Waals surface area contributed by atoms with E-state index >= 15 is 0 Å². The summed E-state index contributed by atoms with van der Waals surface area (Å²) in [6.07, 6.45) is 2.46. The maximum atomic E-state index is 9.83. The quantitative estimate of drug-likeness (QED) is 0.843. The Morgan fingerprint density at radius 3 is 1.80 bits per heavy atom. The van der Waals surface area contributed by atoms with Gasteiger partial charge in [-0.25, -0.2) is 0 Å². The molecule has 20 heavy (non-hydrogen) atoms. The summed E-state index contributed by atoms with van der Waals surface area (Å²) in [5, 5.41) is 13.4. The van der Waals surface area contributed by atoms with Crippen LogP contribution in [0, 0.1) is 0 Å². The lowest BCUT2D eigenvalue weighted by atomic mass is 9.85.